The molecule has 7 nitrogen and oxygen atoms in total. The number of hydrogen-bond donors (Lipinski definition) is 1. The molecular formula is C33H34ClN3O4. The topological polar surface area (TPSA) is 92.6 Å². The van der Waals surface area contributed by atoms with Crippen molar-refractivity contribution in [1.82, 2.24) is 14.9 Å². The van der Waals surface area contributed by atoms with Gasteiger partial charge in [0.25, 0.3) is 5.91 Å². The van der Waals surface area contributed by atoms with Gasteiger partial charge in [0.15, 0.2) is 0 Å². The van der Waals surface area contributed by atoms with E-state index in [2.05, 4.69) is 13.0 Å². The summed E-state index contributed by atoms with van der Waals surface area (Å²) in [6.07, 6.45) is 2.70. The lowest BCUT2D eigenvalue weighted by molar-refractivity contribution is -0.137. The molecule has 4 aromatic rings. The maximum Gasteiger partial charge on any atom is 0.303 e. The van der Waals surface area contributed by atoms with E-state index in [0.717, 1.165) is 29.1 Å². The highest BCUT2D eigenvalue weighted by Crippen LogP contribution is 2.40. The van der Waals surface area contributed by atoms with Gasteiger partial charge in [0, 0.05) is 46.6 Å². The number of ether oxygens (including phenoxy) is 1. The van der Waals surface area contributed by atoms with E-state index in [1.807, 2.05) is 72.5 Å². The van der Waals surface area contributed by atoms with Crippen molar-refractivity contribution in [2.75, 3.05) is 19.7 Å². The number of amides is 1. The van der Waals surface area contributed by atoms with E-state index in [1.165, 1.54) is 5.56 Å². The first-order valence-electron chi connectivity index (χ1n) is 14.1. The fourth-order valence-electron chi connectivity index (χ4n) is 5.39. The molecule has 1 aliphatic heterocycles. The van der Waals surface area contributed by atoms with Crippen molar-refractivity contribution >= 4 is 34.5 Å². The normalized spacial score (nSPS) is 15.9. The Hall–Kier alpha value is -3.97. The molecule has 0 spiro atoms. The minimum atomic E-state index is -0.810. The van der Waals surface area contributed by atoms with Gasteiger partial charge in [-0.25, -0.2) is 9.97 Å². The van der Waals surface area contributed by atoms with Crippen LogP contribution in [0.3, 0.4) is 0 Å². The van der Waals surface area contributed by atoms with Crippen LogP contribution in [0.5, 0.6) is 5.75 Å². The molecule has 0 saturated heterocycles. The number of carboxylic acid groups (broad SMARTS) is 1. The molecule has 0 aliphatic carbocycles. The summed E-state index contributed by atoms with van der Waals surface area (Å²) in [5.74, 6) is 0.0702. The number of fused-ring (bicyclic) bond motifs is 2. The van der Waals surface area contributed by atoms with Gasteiger partial charge in [0.05, 0.1) is 29.0 Å². The third-order valence-corrected chi connectivity index (χ3v) is 8.09. The summed E-state index contributed by atoms with van der Waals surface area (Å²) >= 11 is 6.11. The molecule has 41 heavy (non-hydrogen) atoms. The van der Waals surface area contributed by atoms with E-state index in [9.17, 15) is 9.59 Å². The Labute approximate surface area is 245 Å². The number of para-hydroxylation sites is 1. The summed E-state index contributed by atoms with van der Waals surface area (Å²) in [5.41, 5.74) is 5.35. The zero-order chi connectivity index (χ0) is 29.0. The summed E-state index contributed by atoms with van der Waals surface area (Å²) in [6, 6.07) is 21.0. The number of unbranched alkanes of at least 4 members (excludes halogenated alkanes) is 1. The fourth-order valence-corrected chi connectivity index (χ4v) is 5.51. The standard InChI is InChI=1S/C33H34ClN3O4/c1-3-37(19-18-33(2)21-41-29-10-6-4-8-25(29)33)32(40)23-14-17-26-28(20-23)35-27(9-5-7-11-30(38)39)31(36-26)22-12-15-24(34)16-13-22/h4,6,8,10,12-17,20H,3,5,7,9,11,18-19,21H2,1-2H3,(H,38,39). The summed E-state index contributed by atoms with van der Waals surface area (Å²) < 4.78 is 5.92. The number of rotatable bonds is 11. The van der Waals surface area contributed by atoms with Gasteiger partial charge in [-0.15, -0.1) is 0 Å². The molecule has 0 bridgehead atoms. The Bertz CT molecular complexity index is 1570. The van der Waals surface area contributed by atoms with Gasteiger partial charge in [-0.05, 0) is 69.0 Å². The van der Waals surface area contributed by atoms with Crippen LogP contribution in [0.2, 0.25) is 5.02 Å². The van der Waals surface area contributed by atoms with Crippen LogP contribution in [0.1, 0.15) is 61.1 Å². The quantitative estimate of drug-likeness (QED) is 0.196. The van der Waals surface area contributed by atoms with Crippen molar-refractivity contribution in [3.8, 4) is 17.0 Å². The van der Waals surface area contributed by atoms with Crippen LogP contribution in [-0.4, -0.2) is 51.5 Å². The van der Waals surface area contributed by atoms with Crippen LogP contribution in [-0.2, 0) is 16.6 Å². The highest BCUT2D eigenvalue weighted by molar-refractivity contribution is 6.30. The molecule has 1 unspecified atom stereocenters. The first-order valence-corrected chi connectivity index (χ1v) is 14.5. The van der Waals surface area contributed by atoms with Gasteiger partial charge in [-0.3, -0.25) is 9.59 Å². The number of hydrogen-bond acceptors (Lipinski definition) is 5. The lowest BCUT2D eigenvalue weighted by atomic mass is 9.81. The molecule has 3 aromatic carbocycles. The fraction of sp³-hybridized carbons (Fsp3) is 0.333. The van der Waals surface area contributed by atoms with Crippen LogP contribution in [0.4, 0.5) is 0 Å². The first kappa shape index (κ1) is 28.6. The minimum absolute atomic E-state index is 0.0446. The molecule has 1 N–H and O–H groups in total. The van der Waals surface area contributed by atoms with Crippen molar-refractivity contribution in [2.24, 2.45) is 0 Å². The van der Waals surface area contributed by atoms with E-state index in [-0.39, 0.29) is 17.7 Å². The summed E-state index contributed by atoms with van der Waals surface area (Å²) in [5, 5.41) is 9.67. The summed E-state index contributed by atoms with van der Waals surface area (Å²) in [6.45, 7) is 5.99. The Morgan fingerprint density at radius 3 is 2.56 bits per heavy atom. The van der Waals surface area contributed by atoms with Crippen molar-refractivity contribution in [3.05, 3.63) is 88.6 Å². The number of carboxylic acids is 1. The number of carbonyl (C=O) groups is 2. The number of aromatic nitrogens is 2. The molecular weight excluding hydrogens is 538 g/mol. The van der Waals surface area contributed by atoms with Crippen molar-refractivity contribution in [3.63, 3.8) is 0 Å². The second-order valence-electron chi connectivity index (χ2n) is 10.8. The predicted molar refractivity (Wildman–Crippen MR) is 161 cm³/mol. The first-order chi connectivity index (χ1) is 19.8. The molecule has 1 amide bonds. The monoisotopic (exact) mass is 571 g/mol. The van der Waals surface area contributed by atoms with Crippen molar-refractivity contribution in [2.45, 2.75) is 51.4 Å². The van der Waals surface area contributed by atoms with E-state index in [1.54, 1.807) is 0 Å². The van der Waals surface area contributed by atoms with E-state index in [0.29, 0.717) is 60.6 Å². The molecule has 1 atom stereocenters. The van der Waals surface area contributed by atoms with Gasteiger partial charge >= 0.3 is 5.97 Å². The van der Waals surface area contributed by atoms with Gasteiger partial charge in [-0.2, -0.15) is 0 Å². The average molecular weight is 572 g/mol. The molecule has 1 aromatic heterocycles. The number of benzene rings is 3. The number of aryl methyl sites for hydroxylation is 1. The van der Waals surface area contributed by atoms with Crippen molar-refractivity contribution < 1.29 is 19.4 Å². The van der Waals surface area contributed by atoms with Crippen LogP contribution in [0, 0.1) is 0 Å². The Balaban J connectivity index is 1.39. The molecule has 2 heterocycles. The van der Waals surface area contributed by atoms with Crippen LogP contribution >= 0.6 is 11.6 Å². The molecule has 5 rings (SSSR count). The summed E-state index contributed by atoms with van der Waals surface area (Å²) in [7, 11) is 0. The maximum atomic E-state index is 13.6. The van der Waals surface area contributed by atoms with Gasteiger partial charge < -0.3 is 14.7 Å². The predicted octanol–water partition coefficient (Wildman–Crippen LogP) is 6.95. The molecule has 212 valence electrons. The van der Waals surface area contributed by atoms with Gasteiger partial charge in [0.2, 0.25) is 0 Å². The largest absolute Gasteiger partial charge is 0.492 e. The average Bonchev–Trinajstić information content (AvgIpc) is 3.31. The molecule has 1 aliphatic rings. The Morgan fingerprint density at radius 2 is 1.80 bits per heavy atom. The second-order valence-corrected chi connectivity index (χ2v) is 11.2. The highest BCUT2D eigenvalue weighted by Gasteiger charge is 2.36. The number of nitrogens with zero attached hydrogens (tertiary/aromatic N) is 3. The maximum absolute atomic E-state index is 13.6. The lowest BCUT2D eigenvalue weighted by Gasteiger charge is -2.28. The highest BCUT2D eigenvalue weighted by atomic mass is 35.5. The third kappa shape index (κ3) is 6.35. The number of carbonyl (C=O) groups excluding carboxylic acids is 1. The Morgan fingerprint density at radius 1 is 1.02 bits per heavy atom. The zero-order valence-corrected chi connectivity index (χ0v) is 24.2. The van der Waals surface area contributed by atoms with Gasteiger partial charge in [-0.1, -0.05) is 48.9 Å². The van der Waals surface area contributed by atoms with E-state index in [4.69, 9.17) is 31.4 Å². The third-order valence-electron chi connectivity index (χ3n) is 7.84. The molecule has 0 radical (unpaired) electrons. The van der Waals surface area contributed by atoms with Crippen molar-refractivity contribution in [1.29, 1.82) is 0 Å². The smallest absolute Gasteiger partial charge is 0.303 e. The summed E-state index contributed by atoms with van der Waals surface area (Å²) in [4.78, 5) is 36.3. The Kier molecular flexibility index (Phi) is 8.54. The molecule has 0 fully saturated rings. The SMILES string of the molecule is CCN(CCC1(C)COc2ccccc21)C(=O)c1ccc2nc(-c3ccc(Cl)cc3)c(CCCCC(=O)O)nc2c1. The van der Waals surface area contributed by atoms with Crippen LogP contribution in [0.25, 0.3) is 22.3 Å². The van der Waals surface area contributed by atoms with Crippen LogP contribution in [0.15, 0.2) is 66.7 Å². The van der Waals surface area contributed by atoms with E-state index < -0.39 is 5.97 Å². The number of aliphatic carboxylic acids is 1. The molecule has 8 heteroatoms. The molecule has 0 saturated carbocycles. The van der Waals surface area contributed by atoms with Crippen LogP contribution < -0.4 is 4.74 Å². The lowest BCUT2D eigenvalue weighted by Crippen LogP contribution is -2.36. The van der Waals surface area contributed by atoms with E-state index >= 15 is 0 Å². The number of halogens is 1. The zero-order valence-electron chi connectivity index (χ0n) is 23.4. The minimum Gasteiger partial charge on any atom is -0.492 e. The second kappa shape index (κ2) is 12.3. The van der Waals surface area contributed by atoms with Gasteiger partial charge in [0.1, 0.15) is 5.75 Å².